The van der Waals surface area contributed by atoms with Gasteiger partial charge in [-0.05, 0) is 37.8 Å². The van der Waals surface area contributed by atoms with Crippen molar-refractivity contribution in [2.24, 2.45) is 5.92 Å². The van der Waals surface area contributed by atoms with Gasteiger partial charge in [-0.3, -0.25) is 10.1 Å². The molecule has 1 unspecified atom stereocenters. The van der Waals surface area contributed by atoms with Crippen LogP contribution in [0.1, 0.15) is 39.0 Å². The third kappa shape index (κ3) is 3.69. The molecule has 1 aliphatic carbocycles. The monoisotopic (exact) mass is 326 g/mol. The molecule has 1 aliphatic rings. The van der Waals surface area contributed by atoms with Crippen LogP contribution in [0.2, 0.25) is 0 Å². The topological polar surface area (TPSA) is 55.2 Å². The van der Waals surface area contributed by atoms with Crippen LogP contribution < -0.4 is 5.32 Å². The van der Waals surface area contributed by atoms with Gasteiger partial charge in [-0.25, -0.2) is 0 Å². The Labute approximate surface area is 121 Å². The zero-order valence-corrected chi connectivity index (χ0v) is 12.6. The van der Waals surface area contributed by atoms with Crippen LogP contribution in [-0.4, -0.2) is 11.0 Å². The Hall–Kier alpha value is -1.10. The Morgan fingerprint density at radius 1 is 1.37 bits per heavy atom. The maximum atomic E-state index is 11.0. The number of nitro groups is 1. The Morgan fingerprint density at radius 2 is 2.05 bits per heavy atom. The van der Waals surface area contributed by atoms with Gasteiger partial charge in [-0.15, -0.1) is 0 Å². The number of nitrogens with zero attached hydrogens (tertiary/aromatic N) is 1. The second-order valence-corrected chi connectivity index (χ2v) is 6.17. The van der Waals surface area contributed by atoms with Gasteiger partial charge >= 0.3 is 0 Å². The highest BCUT2D eigenvalue weighted by molar-refractivity contribution is 9.10. The lowest BCUT2D eigenvalue weighted by molar-refractivity contribution is -0.384. The van der Waals surface area contributed by atoms with Crippen molar-refractivity contribution in [3.8, 4) is 0 Å². The van der Waals surface area contributed by atoms with Crippen LogP contribution >= 0.6 is 15.9 Å². The summed E-state index contributed by atoms with van der Waals surface area (Å²) in [5.74, 6) is 0.618. The lowest BCUT2D eigenvalue weighted by Crippen LogP contribution is -2.27. The molecule has 0 radical (unpaired) electrons. The minimum absolute atomic E-state index is 0.144. The molecule has 1 aromatic carbocycles. The summed E-state index contributed by atoms with van der Waals surface area (Å²) < 4.78 is 0.858. The lowest BCUT2D eigenvalue weighted by Gasteiger charge is -2.28. The molecular weight excluding hydrogens is 308 g/mol. The fourth-order valence-corrected chi connectivity index (χ4v) is 3.14. The molecule has 1 atom stereocenters. The van der Waals surface area contributed by atoms with Crippen molar-refractivity contribution >= 4 is 27.3 Å². The summed E-state index contributed by atoms with van der Waals surface area (Å²) in [5.41, 5.74) is 0.753. The molecule has 4 nitrogen and oxygen atoms in total. The highest BCUT2D eigenvalue weighted by Gasteiger charge is 2.22. The predicted octanol–water partition coefficient (Wildman–Crippen LogP) is 4.74. The molecule has 1 saturated carbocycles. The van der Waals surface area contributed by atoms with Crippen molar-refractivity contribution in [3.63, 3.8) is 0 Å². The minimum atomic E-state index is -0.331. The summed E-state index contributed by atoms with van der Waals surface area (Å²) in [7, 11) is 0. The normalized spacial score (nSPS) is 18.0. The number of halogens is 1. The van der Waals surface area contributed by atoms with Gasteiger partial charge in [0.25, 0.3) is 5.69 Å². The summed E-state index contributed by atoms with van der Waals surface area (Å²) in [6.07, 6.45) is 6.31. The van der Waals surface area contributed by atoms with Crippen LogP contribution in [0.4, 0.5) is 11.4 Å². The number of rotatable bonds is 4. The fourth-order valence-electron chi connectivity index (χ4n) is 2.78. The van der Waals surface area contributed by atoms with Crippen molar-refractivity contribution in [2.45, 2.75) is 45.1 Å². The molecule has 0 heterocycles. The van der Waals surface area contributed by atoms with E-state index in [0.29, 0.717) is 11.6 Å². The molecule has 1 aromatic rings. The third-order valence-electron chi connectivity index (χ3n) is 3.90. The summed E-state index contributed by atoms with van der Waals surface area (Å²) in [4.78, 5) is 10.7. The van der Waals surface area contributed by atoms with Crippen LogP contribution in [0.5, 0.6) is 0 Å². The molecule has 1 N–H and O–H groups in total. The number of hydrogen-bond donors (Lipinski definition) is 1. The van der Waals surface area contributed by atoms with Gasteiger partial charge in [-0.2, -0.15) is 0 Å². The summed E-state index contributed by atoms with van der Waals surface area (Å²) in [5, 5.41) is 14.4. The minimum Gasteiger partial charge on any atom is -0.377 e. The Kier molecular flexibility index (Phi) is 4.80. The highest BCUT2D eigenvalue weighted by Crippen LogP contribution is 2.32. The molecule has 0 aliphatic heterocycles. The SMILES string of the molecule is CC(Nc1cc(Br)ccc1[N+](=O)[O-])C1CCCCC1. The largest absolute Gasteiger partial charge is 0.377 e. The zero-order valence-electron chi connectivity index (χ0n) is 11.1. The first-order chi connectivity index (χ1) is 9.08. The van der Waals surface area contributed by atoms with Gasteiger partial charge in [0, 0.05) is 16.6 Å². The summed E-state index contributed by atoms with van der Waals surface area (Å²) >= 11 is 3.37. The van der Waals surface area contributed by atoms with E-state index in [1.165, 1.54) is 32.1 Å². The van der Waals surface area contributed by atoms with E-state index in [9.17, 15) is 10.1 Å². The smallest absolute Gasteiger partial charge is 0.292 e. The molecule has 0 bridgehead atoms. The van der Waals surface area contributed by atoms with Gasteiger partial charge in [0.05, 0.1) is 4.92 Å². The summed E-state index contributed by atoms with van der Waals surface area (Å²) in [6, 6.07) is 5.31. The van der Waals surface area contributed by atoms with E-state index in [4.69, 9.17) is 0 Å². The second kappa shape index (κ2) is 6.37. The van der Waals surface area contributed by atoms with E-state index in [-0.39, 0.29) is 16.7 Å². The van der Waals surface area contributed by atoms with E-state index < -0.39 is 0 Å². The number of benzene rings is 1. The Balaban J connectivity index is 2.12. The molecule has 1 fully saturated rings. The van der Waals surface area contributed by atoms with Crippen molar-refractivity contribution < 1.29 is 4.92 Å². The first-order valence-electron chi connectivity index (χ1n) is 6.78. The van der Waals surface area contributed by atoms with E-state index >= 15 is 0 Å². The van der Waals surface area contributed by atoms with Crippen LogP contribution in [0.25, 0.3) is 0 Å². The number of nitrogens with one attached hydrogen (secondary N) is 1. The molecule has 0 saturated heterocycles. The van der Waals surface area contributed by atoms with Gasteiger partial charge in [0.15, 0.2) is 0 Å². The zero-order chi connectivity index (χ0) is 13.8. The average Bonchev–Trinajstić information content (AvgIpc) is 2.39. The Morgan fingerprint density at radius 3 is 2.68 bits per heavy atom. The third-order valence-corrected chi connectivity index (χ3v) is 4.39. The average molecular weight is 327 g/mol. The second-order valence-electron chi connectivity index (χ2n) is 5.25. The van der Waals surface area contributed by atoms with Gasteiger partial charge in [0.2, 0.25) is 0 Å². The first-order valence-corrected chi connectivity index (χ1v) is 7.57. The standard InChI is InChI=1S/C14H19BrN2O2/c1-10(11-5-3-2-4-6-11)16-13-9-12(15)7-8-14(13)17(18)19/h7-11,16H,2-6H2,1H3. The van der Waals surface area contributed by atoms with Crippen molar-refractivity contribution in [2.75, 3.05) is 5.32 Å². The van der Waals surface area contributed by atoms with Crippen molar-refractivity contribution in [1.29, 1.82) is 0 Å². The van der Waals surface area contributed by atoms with E-state index in [2.05, 4.69) is 28.2 Å². The van der Waals surface area contributed by atoms with E-state index in [1.807, 2.05) is 0 Å². The first kappa shape index (κ1) is 14.3. The van der Waals surface area contributed by atoms with Crippen LogP contribution in [0, 0.1) is 16.0 Å². The Bertz CT molecular complexity index is 459. The van der Waals surface area contributed by atoms with Crippen LogP contribution in [0.15, 0.2) is 22.7 Å². The molecule has 0 aromatic heterocycles. The fraction of sp³-hybridized carbons (Fsp3) is 0.571. The lowest BCUT2D eigenvalue weighted by atomic mass is 9.84. The summed E-state index contributed by atoms with van der Waals surface area (Å²) in [6.45, 7) is 2.13. The van der Waals surface area contributed by atoms with Gasteiger partial charge in [0.1, 0.15) is 5.69 Å². The van der Waals surface area contributed by atoms with Crippen molar-refractivity contribution in [3.05, 3.63) is 32.8 Å². The molecule has 19 heavy (non-hydrogen) atoms. The maximum absolute atomic E-state index is 11.0. The predicted molar refractivity (Wildman–Crippen MR) is 80.5 cm³/mol. The molecule has 2 rings (SSSR count). The molecular formula is C14H19BrN2O2. The quantitative estimate of drug-likeness (QED) is 0.642. The van der Waals surface area contributed by atoms with Gasteiger partial charge < -0.3 is 5.32 Å². The van der Waals surface area contributed by atoms with E-state index in [1.54, 1.807) is 18.2 Å². The van der Waals surface area contributed by atoms with E-state index in [0.717, 1.165) is 4.47 Å². The van der Waals surface area contributed by atoms with Crippen molar-refractivity contribution in [1.82, 2.24) is 0 Å². The number of nitro benzene ring substituents is 1. The van der Waals surface area contributed by atoms with Gasteiger partial charge in [-0.1, -0.05) is 35.2 Å². The molecule has 0 spiro atoms. The maximum Gasteiger partial charge on any atom is 0.292 e. The number of hydrogen-bond acceptors (Lipinski definition) is 3. The molecule has 5 heteroatoms. The van der Waals surface area contributed by atoms with Crippen LogP contribution in [-0.2, 0) is 0 Å². The molecule has 104 valence electrons. The number of anilines is 1. The molecule has 0 amide bonds. The highest BCUT2D eigenvalue weighted by atomic mass is 79.9. The van der Waals surface area contributed by atoms with Crippen LogP contribution in [0.3, 0.4) is 0 Å².